The molecule has 2 aliphatic rings. The molecule has 12 aromatic rings. The Bertz CT molecular complexity index is 4030. The lowest BCUT2D eigenvalue weighted by Crippen LogP contribution is -2.14. The van der Waals surface area contributed by atoms with Gasteiger partial charge in [0, 0.05) is 61.1 Å². The maximum atomic E-state index is 6.60. The Morgan fingerprint density at radius 1 is 0.439 bits per heavy atom. The fraction of sp³-hybridized carbons (Fsp3) is 0.0794. The number of allylic oxidation sites excluding steroid dienone is 4. The Labute approximate surface area is 382 Å². The first-order valence-corrected chi connectivity index (χ1v) is 23.2. The second-order valence-electron chi connectivity index (χ2n) is 18.9. The standard InChI is InChI=1S/C63H44N2O/c1-63(2)55-24-14-12-22-47(55)49-35-52-50-33-41(26-28-57(50)64(59(52)37-56(49)63)45-20-10-5-11-21-45)42-27-29-58-51(34-42)53-36-54-48-23-13-15-25-61(48)66-62(54)38-60(53)65(58)46-31-43(39-16-6-3-7-17-39)30-44(32-46)40-18-8-4-9-19-40/h3-31,33-38,44H,32H2,1-2H3. The number of nitrogens with zero attached hydrogens (tertiary/aromatic N) is 2. The molecule has 0 saturated heterocycles. The van der Waals surface area contributed by atoms with Crippen LogP contribution in [-0.4, -0.2) is 9.13 Å². The van der Waals surface area contributed by atoms with Gasteiger partial charge in [0.1, 0.15) is 11.2 Å². The predicted molar refractivity (Wildman–Crippen MR) is 277 cm³/mol. The van der Waals surface area contributed by atoms with Gasteiger partial charge in [0.25, 0.3) is 0 Å². The van der Waals surface area contributed by atoms with Crippen LogP contribution in [0.2, 0.25) is 0 Å². The van der Waals surface area contributed by atoms with Gasteiger partial charge in [-0.05, 0) is 123 Å². The van der Waals surface area contributed by atoms with Crippen LogP contribution in [0.4, 0.5) is 0 Å². The summed E-state index contributed by atoms with van der Waals surface area (Å²) in [5.41, 5.74) is 20.6. The molecule has 0 amide bonds. The molecule has 312 valence electrons. The van der Waals surface area contributed by atoms with Crippen molar-refractivity contribution in [3.63, 3.8) is 0 Å². The minimum Gasteiger partial charge on any atom is -0.456 e. The van der Waals surface area contributed by atoms with Crippen LogP contribution >= 0.6 is 0 Å². The maximum absolute atomic E-state index is 6.60. The van der Waals surface area contributed by atoms with Crippen LogP contribution < -0.4 is 0 Å². The summed E-state index contributed by atoms with van der Waals surface area (Å²) in [6.45, 7) is 4.74. The Balaban J connectivity index is 1.00. The Hall–Kier alpha value is -8.14. The molecular weight excluding hydrogens is 801 g/mol. The summed E-state index contributed by atoms with van der Waals surface area (Å²) in [7, 11) is 0. The van der Waals surface area contributed by atoms with Crippen LogP contribution in [-0.2, 0) is 5.41 Å². The van der Waals surface area contributed by atoms with Gasteiger partial charge in [0.2, 0.25) is 0 Å². The van der Waals surface area contributed by atoms with Crippen molar-refractivity contribution >= 4 is 76.8 Å². The maximum Gasteiger partial charge on any atom is 0.137 e. The van der Waals surface area contributed by atoms with E-state index in [4.69, 9.17) is 4.42 Å². The summed E-state index contributed by atoms with van der Waals surface area (Å²) < 4.78 is 11.6. The van der Waals surface area contributed by atoms with Gasteiger partial charge in [0.15, 0.2) is 0 Å². The largest absolute Gasteiger partial charge is 0.456 e. The van der Waals surface area contributed by atoms with E-state index < -0.39 is 0 Å². The van der Waals surface area contributed by atoms with Gasteiger partial charge in [-0.2, -0.15) is 0 Å². The van der Waals surface area contributed by atoms with E-state index >= 15 is 0 Å². The first-order chi connectivity index (χ1) is 32.5. The van der Waals surface area contributed by atoms with Crippen LogP contribution in [0.1, 0.15) is 48.4 Å². The van der Waals surface area contributed by atoms with Crippen LogP contribution in [0.15, 0.2) is 217 Å². The average Bonchev–Trinajstić information content (AvgIpc) is 4.07. The molecule has 66 heavy (non-hydrogen) atoms. The van der Waals surface area contributed by atoms with Gasteiger partial charge in [-0.3, -0.25) is 0 Å². The highest BCUT2D eigenvalue weighted by Gasteiger charge is 2.36. The van der Waals surface area contributed by atoms with Crippen molar-refractivity contribution in [2.75, 3.05) is 0 Å². The molecule has 0 fully saturated rings. The molecule has 2 aliphatic carbocycles. The van der Waals surface area contributed by atoms with Gasteiger partial charge < -0.3 is 13.6 Å². The smallest absolute Gasteiger partial charge is 0.137 e. The molecule has 3 aromatic heterocycles. The first kappa shape index (κ1) is 37.3. The number of rotatable bonds is 5. The summed E-state index contributed by atoms with van der Waals surface area (Å²) in [6.07, 6.45) is 5.74. The SMILES string of the molecule is CC1(C)c2ccccc2-c2cc3c4cc(-c5ccc6c(c5)c5cc7c(cc5n6C5=CC(c6ccccc6)=CC(c6ccccc6)C5)oc5ccccc57)ccc4n(-c4ccccc4)c3cc21. The topological polar surface area (TPSA) is 23.0 Å². The molecule has 3 heteroatoms. The molecule has 14 rings (SSSR count). The number of aromatic nitrogens is 2. The van der Waals surface area contributed by atoms with E-state index in [9.17, 15) is 0 Å². The minimum atomic E-state index is -0.0955. The lowest BCUT2D eigenvalue weighted by atomic mass is 9.82. The number of fused-ring (bicyclic) bond motifs is 12. The highest BCUT2D eigenvalue weighted by Crippen LogP contribution is 2.51. The first-order valence-electron chi connectivity index (χ1n) is 23.2. The molecule has 1 atom stereocenters. The van der Waals surface area contributed by atoms with E-state index in [-0.39, 0.29) is 11.3 Å². The zero-order valence-electron chi connectivity index (χ0n) is 36.8. The molecule has 0 spiro atoms. The fourth-order valence-electron chi connectivity index (χ4n) is 11.6. The Morgan fingerprint density at radius 3 is 1.83 bits per heavy atom. The summed E-state index contributed by atoms with van der Waals surface area (Å²) in [6, 6.07) is 73.8. The highest BCUT2D eigenvalue weighted by molar-refractivity contribution is 6.19. The summed E-state index contributed by atoms with van der Waals surface area (Å²) in [5, 5.41) is 7.25. The monoisotopic (exact) mass is 844 g/mol. The molecule has 0 aliphatic heterocycles. The average molecular weight is 845 g/mol. The van der Waals surface area contributed by atoms with Gasteiger partial charge in [-0.1, -0.05) is 153 Å². The Morgan fingerprint density at radius 2 is 1.06 bits per heavy atom. The van der Waals surface area contributed by atoms with Gasteiger partial charge in [-0.15, -0.1) is 0 Å². The second kappa shape index (κ2) is 13.9. The minimum absolute atomic E-state index is 0.0955. The lowest BCUT2D eigenvalue weighted by molar-refractivity contribution is 0.661. The quantitative estimate of drug-likeness (QED) is 0.169. The van der Waals surface area contributed by atoms with Crippen LogP contribution in [0.3, 0.4) is 0 Å². The summed E-state index contributed by atoms with van der Waals surface area (Å²) >= 11 is 0. The summed E-state index contributed by atoms with van der Waals surface area (Å²) in [4.78, 5) is 0. The third-order valence-electron chi connectivity index (χ3n) is 14.8. The van der Waals surface area contributed by atoms with E-state index in [2.05, 4.69) is 235 Å². The van der Waals surface area contributed by atoms with E-state index in [0.29, 0.717) is 0 Å². The van der Waals surface area contributed by atoms with Crippen molar-refractivity contribution in [2.24, 2.45) is 0 Å². The lowest BCUT2D eigenvalue weighted by Gasteiger charge is -2.24. The second-order valence-corrected chi connectivity index (χ2v) is 18.9. The van der Waals surface area contributed by atoms with Gasteiger partial charge in [0.05, 0.1) is 22.1 Å². The van der Waals surface area contributed by atoms with E-state index in [1.807, 2.05) is 0 Å². The van der Waals surface area contributed by atoms with Crippen molar-refractivity contribution < 1.29 is 4.42 Å². The van der Waals surface area contributed by atoms with Crippen LogP contribution in [0, 0.1) is 0 Å². The number of para-hydroxylation sites is 2. The highest BCUT2D eigenvalue weighted by atomic mass is 16.3. The third kappa shape index (κ3) is 5.44. The molecule has 0 N–H and O–H groups in total. The number of furan rings is 1. The fourth-order valence-corrected chi connectivity index (χ4v) is 11.6. The number of hydrogen-bond acceptors (Lipinski definition) is 1. The van der Waals surface area contributed by atoms with Crippen molar-refractivity contribution in [3.05, 3.63) is 235 Å². The van der Waals surface area contributed by atoms with Gasteiger partial charge in [-0.25, -0.2) is 0 Å². The van der Waals surface area contributed by atoms with Crippen molar-refractivity contribution in [3.8, 4) is 27.9 Å². The van der Waals surface area contributed by atoms with Crippen molar-refractivity contribution in [1.29, 1.82) is 0 Å². The number of hydrogen-bond donors (Lipinski definition) is 0. The van der Waals surface area contributed by atoms with E-state index in [1.54, 1.807) is 0 Å². The van der Waals surface area contributed by atoms with E-state index in [1.165, 1.54) is 99.6 Å². The number of benzene rings is 9. The molecule has 0 radical (unpaired) electrons. The molecule has 3 heterocycles. The molecule has 3 nitrogen and oxygen atoms in total. The van der Waals surface area contributed by atoms with Crippen molar-refractivity contribution in [2.45, 2.75) is 31.6 Å². The third-order valence-corrected chi connectivity index (χ3v) is 14.8. The van der Waals surface area contributed by atoms with Crippen LogP contribution in [0.5, 0.6) is 0 Å². The molecule has 0 bridgehead atoms. The predicted octanol–water partition coefficient (Wildman–Crippen LogP) is 16.9. The Kier molecular flexibility index (Phi) is 7.86. The molecular formula is C63H44N2O. The van der Waals surface area contributed by atoms with Gasteiger partial charge >= 0.3 is 0 Å². The zero-order chi connectivity index (χ0) is 43.7. The molecule has 1 unspecified atom stereocenters. The normalized spacial score (nSPS) is 15.5. The zero-order valence-corrected chi connectivity index (χ0v) is 36.8. The van der Waals surface area contributed by atoms with Crippen LogP contribution in [0.25, 0.3) is 105 Å². The molecule has 0 saturated carbocycles. The summed E-state index contributed by atoms with van der Waals surface area (Å²) in [5.74, 6) is 0.216. The van der Waals surface area contributed by atoms with Crippen molar-refractivity contribution in [1.82, 2.24) is 9.13 Å². The molecule has 9 aromatic carbocycles. The van der Waals surface area contributed by atoms with E-state index in [0.717, 1.165) is 33.9 Å².